The molecule has 0 bridgehead atoms. The molecular formula is C13H25NO4. The minimum Gasteiger partial charge on any atom is -0.378 e. The van der Waals surface area contributed by atoms with Gasteiger partial charge in [0, 0.05) is 0 Å². The van der Waals surface area contributed by atoms with E-state index < -0.39 is 5.79 Å². The average Bonchev–Trinajstić information content (AvgIpc) is 2.70. The maximum Gasteiger partial charge on any atom is 0.163 e. The van der Waals surface area contributed by atoms with Gasteiger partial charge >= 0.3 is 0 Å². The Morgan fingerprint density at radius 3 is 2.44 bits per heavy atom. The molecular weight excluding hydrogens is 234 g/mol. The van der Waals surface area contributed by atoms with Gasteiger partial charge in [-0.1, -0.05) is 13.8 Å². The van der Waals surface area contributed by atoms with Gasteiger partial charge in [0.15, 0.2) is 5.79 Å². The molecule has 18 heavy (non-hydrogen) atoms. The summed E-state index contributed by atoms with van der Waals surface area (Å²) in [6.07, 6.45) is 0.433. The summed E-state index contributed by atoms with van der Waals surface area (Å²) in [6.45, 7) is 10.4. The first-order valence-electron chi connectivity index (χ1n) is 6.48. The Morgan fingerprint density at radius 1 is 1.22 bits per heavy atom. The molecule has 0 saturated carbocycles. The number of nitriles is 1. The second-order valence-corrected chi connectivity index (χ2v) is 4.05. The molecule has 5 nitrogen and oxygen atoms in total. The van der Waals surface area contributed by atoms with Crippen LogP contribution in [0.15, 0.2) is 0 Å². The van der Waals surface area contributed by atoms with E-state index in [1.54, 1.807) is 0 Å². The molecule has 1 aliphatic rings. The third kappa shape index (κ3) is 8.43. The van der Waals surface area contributed by atoms with E-state index in [-0.39, 0.29) is 6.10 Å². The fourth-order valence-electron chi connectivity index (χ4n) is 1.40. The van der Waals surface area contributed by atoms with Crippen LogP contribution in [0.3, 0.4) is 0 Å². The summed E-state index contributed by atoms with van der Waals surface area (Å²) in [5.41, 5.74) is 0. The van der Waals surface area contributed by atoms with Crippen LogP contribution in [-0.2, 0) is 18.9 Å². The van der Waals surface area contributed by atoms with Gasteiger partial charge in [-0.3, -0.25) is 0 Å². The normalized spacial score (nSPS) is 20.9. The van der Waals surface area contributed by atoms with Gasteiger partial charge in [-0.15, -0.1) is 0 Å². The van der Waals surface area contributed by atoms with E-state index >= 15 is 0 Å². The summed E-state index contributed by atoms with van der Waals surface area (Å²) in [5, 5.41) is 8.27. The molecule has 0 aromatic heterocycles. The molecule has 0 amide bonds. The lowest BCUT2D eigenvalue weighted by atomic mass is 10.4. The van der Waals surface area contributed by atoms with Crippen molar-refractivity contribution in [1.29, 1.82) is 5.26 Å². The molecule has 0 aromatic rings. The second kappa shape index (κ2) is 10.3. The van der Waals surface area contributed by atoms with Gasteiger partial charge in [-0.25, -0.2) is 0 Å². The molecule has 1 fully saturated rings. The van der Waals surface area contributed by atoms with Crippen molar-refractivity contribution in [3.05, 3.63) is 0 Å². The number of nitrogens with zero attached hydrogens (tertiary/aromatic N) is 1. The van der Waals surface area contributed by atoms with Gasteiger partial charge in [0.2, 0.25) is 0 Å². The Labute approximate surface area is 110 Å². The molecule has 1 aliphatic heterocycles. The molecule has 0 N–H and O–H groups in total. The van der Waals surface area contributed by atoms with Gasteiger partial charge in [0.05, 0.1) is 45.5 Å². The molecule has 5 heteroatoms. The zero-order valence-electron chi connectivity index (χ0n) is 11.9. The van der Waals surface area contributed by atoms with Crippen LogP contribution in [0.4, 0.5) is 0 Å². The fraction of sp³-hybridized carbons (Fsp3) is 0.923. The van der Waals surface area contributed by atoms with Crippen LogP contribution in [0.25, 0.3) is 0 Å². The van der Waals surface area contributed by atoms with Gasteiger partial charge in [0.25, 0.3) is 0 Å². The van der Waals surface area contributed by atoms with E-state index in [2.05, 4.69) is 0 Å². The standard InChI is InChI=1S/C11H19NO4.C2H6/c1-11(2)15-9-10(16-11)8-14-7-6-13-5-3-4-12;1-2/h10H,3,5-9H2,1-2H3;1-2H3. The quantitative estimate of drug-likeness (QED) is 0.655. The van der Waals surface area contributed by atoms with Crippen LogP contribution in [0.2, 0.25) is 0 Å². The van der Waals surface area contributed by atoms with Crippen LogP contribution in [0.5, 0.6) is 0 Å². The molecule has 0 spiro atoms. The zero-order chi connectivity index (χ0) is 13.9. The lowest BCUT2D eigenvalue weighted by molar-refractivity contribution is -0.145. The first-order chi connectivity index (χ1) is 8.64. The van der Waals surface area contributed by atoms with Crippen LogP contribution in [-0.4, -0.2) is 44.9 Å². The fourth-order valence-corrected chi connectivity index (χ4v) is 1.40. The van der Waals surface area contributed by atoms with E-state index in [0.29, 0.717) is 39.5 Å². The number of hydrogen-bond donors (Lipinski definition) is 0. The summed E-state index contributed by atoms with van der Waals surface area (Å²) in [7, 11) is 0. The molecule has 1 unspecified atom stereocenters. The van der Waals surface area contributed by atoms with Crippen LogP contribution in [0, 0.1) is 11.3 Å². The van der Waals surface area contributed by atoms with Gasteiger partial charge in [-0.05, 0) is 13.8 Å². The van der Waals surface area contributed by atoms with E-state index in [0.717, 1.165) is 0 Å². The summed E-state index contributed by atoms with van der Waals surface area (Å²) < 4.78 is 21.5. The SMILES string of the molecule is CC.CC1(C)OCC(COCCOCCC#N)O1. The highest BCUT2D eigenvalue weighted by Crippen LogP contribution is 2.22. The van der Waals surface area contributed by atoms with Crippen molar-refractivity contribution < 1.29 is 18.9 Å². The highest BCUT2D eigenvalue weighted by Gasteiger charge is 2.32. The van der Waals surface area contributed by atoms with Crippen molar-refractivity contribution in [2.24, 2.45) is 0 Å². The predicted octanol–water partition coefficient (Wildman–Crippen LogP) is 2.11. The first-order valence-corrected chi connectivity index (χ1v) is 6.48. The average molecular weight is 259 g/mol. The molecule has 1 saturated heterocycles. The zero-order valence-corrected chi connectivity index (χ0v) is 11.9. The van der Waals surface area contributed by atoms with Crippen molar-refractivity contribution in [2.75, 3.05) is 33.0 Å². The Kier molecular flexibility index (Phi) is 9.89. The Balaban J connectivity index is 0.00000137. The Morgan fingerprint density at radius 2 is 1.89 bits per heavy atom. The second-order valence-electron chi connectivity index (χ2n) is 4.05. The summed E-state index contributed by atoms with van der Waals surface area (Å²) in [5.74, 6) is -0.489. The summed E-state index contributed by atoms with van der Waals surface area (Å²) in [4.78, 5) is 0. The molecule has 1 rings (SSSR count). The van der Waals surface area contributed by atoms with Crippen molar-refractivity contribution in [2.45, 2.75) is 46.0 Å². The van der Waals surface area contributed by atoms with Crippen molar-refractivity contribution in [1.82, 2.24) is 0 Å². The first kappa shape index (κ1) is 17.3. The lowest BCUT2D eigenvalue weighted by Crippen LogP contribution is -2.24. The molecule has 106 valence electrons. The molecule has 0 aliphatic carbocycles. The number of rotatable bonds is 7. The highest BCUT2D eigenvalue weighted by atomic mass is 16.7. The van der Waals surface area contributed by atoms with E-state index in [1.807, 2.05) is 33.8 Å². The molecule has 0 radical (unpaired) electrons. The summed E-state index contributed by atoms with van der Waals surface area (Å²) >= 11 is 0. The third-order valence-electron chi connectivity index (χ3n) is 2.10. The lowest BCUT2D eigenvalue weighted by Gasteiger charge is -2.17. The molecule has 0 aromatic carbocycles. The Bertz CT molecular complexity index is 238. The van der Waals surface area contributed by atoms with Gasteiger partial charge in [-0.2, -0.15) is 5.26 Å². The van der Waals surface area contributed by atoms with Crippen molar-refractivity contribution >= 4 is 0 Å². The molecule has 1 heterocycles. The third-order valence-corrected chi connectivity index (χ3v) is 2.10. The van der Waals surface area contributed by atoms with Crippen LogP contribution < -0.4 is 0 Å². The van der Waals surface area contributed by atoms with Crippen LogP contribution in [0.1, 0.15) is 34.1 Å². The number of ether oxygens (including phenoxy) is 4. The van der Waals surface area contributed by atoms with E-state index in [4.69, 9.17) is 24.2 Å². The predicted molar refractivity (Wildman–Crippen MR) is 68.1 cm³/mol. The van der Waals surface area contributed by atoms with Gasteiger partial charge < -0.3 is 18.9 Å². The monoisotopic (exact) mass is 259 g/mol. The number of hydrogen-bond acceptors (Lipinski definition) is 5. The minimum absolute atomic E-state index is 0.00843. The van der Waals surface area contributed by atoms with Crippen molar-refractivity contribution in [3.63, 3.8) is 0 Å². The highest BCUT2D eigenvalue weighted by molar-refractivity contribution is 4.70. The summed E-state index contributed by atoms with van der Waals surface area (Å²) in [6, 6.07) is 2.01. The van der Waals surface area contributed by atoms with E-state index in [1.165, 1.54) is 0 Å². The topological polar surface area (TPSA) is 60.7 Å². The maximum atomic E-state index is 8.27. The van der Waals surface area contributed by atoms with Crippen LogP contribution >= 0.6 is 0 Å². The largest absolute Gasteiger partial charge is 0.378 e. The van der Waals surface area contributed by atoms with Gasteiger partial charge in [0.1, 0.15) is 6.10 Å². The van der Waals surface area contributed by atoms with E-state index in [9.17, 15) is 0 Å². The van der Waals surface area contributed by atoms with Crippen molar-refractivity contribution in [3.8, 4) is 6.07 Å². The minimum atomic E-state index is -0.489. The molecule has 1 atom stereocenters. The smallest absolute Gasteiger partial charge is 0.163 e. The Hall–Kier alpha value is -0.670. The maximum absolute atomic E-state index is 8.27.